The summed E-state index contributed by atoms with van der Waals surface area (Å²) in [4.78, 5) is 20.8. The van der Waals surface area contributed by atoms with Crippen molar-refractivity contribution in [1.82, 2.24) is 15.0 Å². The Bertz CT molecular complexity index is 748. The third-order valence-corrected chi connectivity index (χ3v) is 4.34. The van der Waals surface area contributed by atoms with Crippen LogP contribution in [-0.2, 0) is 11.2 Å². The first-order valence-corrected chi connectivity index (χ1v) is 7.89. The lowest BCUT2D eigenvalue weighted by Crippen LogP contribution is -2.49. The van der Waals surface area contributed by atoms with Gasteiger partial charge in [-0.3, -0.25) is 4.79 Å². The summed E-state index contributed by atoms with van der Waals surface area (Å²) in [5, 5.41) is 12.7. The Morgan fingerprint density at radius 2 is 2.04 bits per heavy atom. The van der Waals surface area contributed by atoms with E-state index in [0.717, 1.165) is 30.2 Å². The number of hydrogen-bond acceptors (Lipinski definition) is 6. The van der Waals surface area contributed by atoms with Gasteiger partial charge < -0.3 is 14.3 Å². The molecule has 1 aliphatic heterocycles. The number of carbonyl (C=O) groups excluding carboxylic acids is 1. The van der Waals surface area contributed by atoms with E-state index in [1.54, 1.807) is 12.3 Å². The van der Waals surface area contributed by atoms with Gasteiger partial charge in [-0.25, -0.2) is 4.98 Å². The fraction of sp³-hybridized carbons (Fsp3) is 0.412. The van der Waals surface area contributed by atoms with Crippen molar-refractivity contribution in [3.05, 3.63) is 40.9 Å². The molecule has 3 heterocycles. The molecule has 0 N–H and O–H groups in total. The summed E-state index contributed by atoms with van der Waals surface area (Å²) in [6, 6.07) is 5.67. The van der Waals surface area contributed by atoms with Crippen molar-refractivity contribution >= 4 is 11.7 Å². The molecule has 1 amide bonds. The molecule has 0 aromatic carbocycles. The number of nitriles is 1. The van der Waals surface area contributed by atoms with E-state index >= 15 is 0 Å². The van der Waals surface area contributed by atoms with E-state index in [9.17, 15) is 4.79 Å². The van der Waals surface area contributed by atoms with Gasteiger partial charge in [0.25, 0.3) is 0 Å². The van der Waals surface area contributed by atoms with Crippen LogP contribution in [0.2, 0.25) is 0 Å². The number of amides is 1. The highest BCUT2D eigenvalue weighted by Crippen LogP contribution is 2.17. The molecule has 0 radical (unpaired) electrons. The Kier molecular flexibility index (Phi) is 4.47. The van der Waals surface area contributed by atoms with Gasteiger partial charge in [0.15, 0.2) is 0 Å². The fourth-order valence-corrected chi connectivity index (χ4v) is 2.84. The summed E-state index contributed by atoms with van der Waals surface area (Å²) in [6.07, 6.45) is 1.90. The molecule has 24 heavy (non-hydrogen) atoms. The molecule has 7 nitrogen and oxygen atoms in total. The molecule has 124 valence electrons. The number of carbonyl (C=O) groups is 1. The summed E-state index contributed by atoms with van der Waals surface area (Å²) in [5.74, 6) is 1.64. The van der Waals surface area contributed by atoms with E-state index in [-0.39, 0.29) is 5.91 Å². The van der Waals surface area contributed by atoms with Crippen LogP contribution < -0.4 is 4.90 Å². The molecule has 7 heteroatoms. The van der Waals surface area contributed by atoms with Gasteiger partial charge in [-0.15, -0.1) is 0 Å². The molecule has 1 aliphatic rings. The van der Waals surface area contributed by atoms with Crippen molar-refractivity contribution in [3.8, 4) is 6.07 Å². The quantitative estimate of drug-likeness (QED) is 0.849. The summed E-state index contributed by atoms with van der Waals surface area (Å²) < 4.78 is 5.12. The van der Waals surface area contributed by atoms with Crippen LogP contribution >= 0.6 is 0 Å². The maximum Gasteiger partial charge on any atom is 0.227 e. The summed E-state index contributed by atoms with van der Waals surface area (Å²) in [7, 11) is 0. The normalized spacial score (nSPS) is 14.5. The standard InChI is InChI=1S/C17H19N5O2/c1-12-15(13(2)24-20-12)9-17(23)22-7-5-21(6-8-22)16-4-3-14(10-18)11-19-16/h3-4,11H,5-9H2,1-2H3. The second-order valence-corrected chi connectivity index (χ2v) is 5.86. The second kappa shape index (κ2) is 6.71. The van der Waals surface area contributed by atoms with Gasteiger partial charge in [-0.05, 0) is 26.0 Å². The maximum atomic E-state index is 12.5. The number of rotatable bonds is 3. The molecule has 0 bridgehead atoms. The molecule has 1 fully saturated rings. The SMILES string of the molecule is Cc1noc(C)c1CC(=O)N1CCN(c2ccc(C#N)cn2)CC1. The third-order valence-electron chi connectivity index (χ3n) is 4.34. The van der Waals surface area contributed by atoms with Crippen LogP contribution in [0.1, 0.15) is 22.6 Å². The van der Waals surface area contributed by atoms with Crippen LogP contribution in [-0.4, -0.2) is 47.1 Å². The van der Waals surface area contributed by atoms with E-state index in [1.165, 1.54) is 0 Å². The molecule has 2 aromatic heterocycles. The topological polar surface area (TPSA) is 86.3 Å². The van der Waals surface area contributed by atoms with Gasteiger partial charge >= 0.3 is 0 Å². The van der Waals surface area contributed by atoms with Gasteiger partial charge in [0, 0.05) is 37.9 Å². The Hall–Kier alpha value is -2.88. The Morgan fingerprint density at radius 1 is 1.29 bits per heavy atom. The smallest absolute Gasteiger partial charge is 0.227 e. The van der Waals surface area contributed by atoms with Gasteiger partial charge in [-0.2, -0.15) is 5.26 Å². The van der Waals surface area contributed by atoms with Crippen LogP contribution in [0.5, 0.6) is 0 Å². The van der Waals surface area contributed by atoms with Gasteiger partial charge in [0.1, 0.15) is 17.6 Å². The Labute approximate surface area is 140 Å². The molecule has 0 atom stereocenters. The van der Waals surface area contributed by atoms with Crippen LogP contribution in [0.3, 0.4) is 0 Å². The van der Waals surface area contributed by atoms with E-state index < -0.39 is 0 Å². The second-order valence-electron chi connectivity index (χ2n) is 5.86. The summed E-state index contributed by atoms with van der Waals surface area (Å²) >= 11 is 0. The van der Waals surface area contributed by atoms with Crippen molar-refractivity contribution in [2.75, 3.05) is 31.1 Å². The molecule has 0 aliphatic carbocycles. The van der Waals surface area contributed by atoms with Gasteiger partial charge in [0.2, 0.25) is 5.91 Å². The lowest BCUT2D eigenvalue weighted by Gasteiger charge is -2.35. The zero-order valence-corrected chi connectivity index (χ0v) is 13.8. The number of hydrogen-bond donors (Lipinski definition) is 0. The summed E-state index contributed by atoms with van der Waals surface area (Å²) in [6.45, 7) is 6.46. The summed E-state index contributed by atoms with van der Waals surface area (Å²) in [5.41, 5.74) is 2.21. The van der Waals surface area contributed by atoms with E-state index in [0.29, 0.717) is 30.8 Å². The molecule has 0 spiro atoms. The fourth-order valence-electron chi connectivity index (χ4n) is 2.84. The number of nitrogens with zero attached hydrogens (tertiary/aromatic N) is 5. The van der Waals surface area contributed by atoms with Crippen LogP contribution in [0, 0.1) is 25.2 Å². The minimum atomic E-state index is 0.0943. The predicted octanol–water partition coefficient (Wildman–Crippen LogP) is 1.45. The van der Waals surface area contributed by atoms with Gasteiger partial charge in [0.05, 0.1) is 17.7 Å². The monoisotopic (exact) mass is 325 g/mol. The van der Waals surface area contributed by atoms with Crippen LogP contribution in [0.25, 0.3) is 0 Å². The molecule has 3 rings (SSSR count). The highest BCUT2D eigenvalue weighted by atomic mass is 16.5. The molecular weight excluding hydrogens is 306 g/mol. The zero-order chi connectivity index (χ0) is 17.1. The van der Waals surface area contributed by atoms with Crippen molar-refractivity contribution in [3.63, 3.8) is 0 Å². The van der Waals surface area contributed by atoms with Crippen molar-refractivity contribution in [2.45, 2.75) is 20.3 Å². The number of pyridine rings is 1. The first kappa shape index (κ1) is 16.0. The Morgan fingerprint density at radius 3 is 2.58 bits per heavy atom. The highest BCUT2D eigenvalue weighted by Gasteiger charge is 2.23. The lowest BCUT2D eigenvalue weighted by atomic mass is 10.1. The first-order valence-electron chi connectivity index (χ1n) is 7.89. The number of aryl methyl sites for hydroxylation is 2. The highest BCUT2D eigenvalue weighted by molar-refractivity contribution is 5.79. The lowest BCUT2D eigenvalue weighted by molar-refractivity contribution is -0.130. The average molecular weight is 325 g/mol. The number of aromatic nitrogens is 2. The van der Waals surface area contributed by atoms with Crippen LogP contribution in [0.4, 0.5) is 5.82 Å². The van der Waals surface area contributed by atoms with Crippen molar-refractivity contribution in [1.29, 1.82) is 5.26 Å². The zero-order valence-electron chi connectivity index (χ0n) is 13.8. The minimum absolute atomic E-state index is 0.0943. The van der Waals surface area contributed by atoms with Crippen molar-refractivity contribution in [2.24, 2.45) is 0 Å². The van der Waals surface area contributed by atoms with E-state index in [1.807, 2.05) is 24.8 Å². The molecule has 0 unspecified atom stereocenters. The molecule has 2 aromatic rings. The predicted molar refractivity (Wildman–Crippen MR) is 87.4 cm³/mol. The largest absolute Gasteiger partial charge is 0.361 e. The Balaban J connectivity index is 1.58. The maximum absolute atomic E-state index is 12.5. The van der Waals surface area contributed by atoms with E-state index in [4.69, 9.17) is 9.78 Å². The van der Waals surface area contributed by atoms with E-state index in [2.05, 4.69) is 21.1 Å². The number of anilines is 1. The minimum Gasteiger partial charge on any atom is -0.361 e. The van der Waals surface area contributed by atoms with Crippen LogP contribution in [0.15, 0.2) is 22.9 Å². The first-order chi connectivity index (χ1) is 11.6. The molecule has 1 saturated heterocycles. The number of piperazine rings is 1. The third kappa shape index (κ3) is 3.23. The molecular formula is C17H19N5O2. The molecule has 0 saturated carbocycles. The average Bonchev–Trinajstić information content (AvgIpc) is 2.94. The van der Waals surface area contributed by atoms with Crippen molar-refractivity contribution < 1.29 is 9.32 Å². The van der Waals surface area contributed by atoms with Gasteiger partial charge in [-0.1, -0.05) is 5.16 Å².